The summed E-state index contributed by atoms with van der Waals surface area (Å²) in [6, 6.07) is 9.66. The number of esters is 1. The van der Waals surface area contributed by atoms with E-state index in [1.165, 1.54) is 6.42 Å². The highest BCUT2D eigenvalue weighted by atomic mass is 16.6. The number of benzene rings is 1. The average molecular weight is 427 g/mol. The molecule has 7 nitrogen and oxygen atoms in total. The van der Waals surface area contributed by atoms with Crippen molar-refractivity contribution < 1.29 is 33.2 Å². The first-order valence-electron chi connectivity index (χ1n) is 11.0. The van der Waals surface area contributed by atoms with Crippen LogP contribution in [0.4, 0.5) is 0 Å². The van der Waals surface area contributed by atoms with E-state index in [-0.39, 0.29) is 5.97 Å². The fourth-order valence-electron chi connectivity index (χ4n) is 2.48. The summed E-state index contributed by atoms with van der Waals surface area (Å²) in [5, 5.41) is 0. The van der Waals surface area contributed by atoms with E-state index in [1.54, 1.807) is 0 Å². The van der Waals surface area contributed by atoms with E-state index in [9.17, 15) is 4.79 Å². The van der Waals surface area contributed by atoms with Crippen LogP contribution >= 0.6 is 0 Å². The van der Waals surface area contributed by atoms with E-state index in [0.29, 0.717) is 72.5 Å². The van der Waals surface area contributed by atoms with E-state index in [4.69, 9.17) is 28.4 Å². The molecule has 0 saturated heterocycles. The summed E-state index contributed by atoms with van der Waals surface area (Å²) < 4.78 is 32.3. The highest BCUT2D eigenvalue weighted by Gasteiger charge is 2.02. The van der Waals surface area contributed by atoms with E-state index >= 15 is 0 Å². The smallest absolute Gasteiger partial charge is 0.305 e. The molecule has 0 atom stereocenters. The Kier molecular flexibility index (Phi) is 18.1. The van der Waals surface area contributed by atoms with Gasteiger partial charge in [0.2, 0.25) is 0 Å². The number of unbranched alkanes of at least 4 members (excludes halogenated alkanes) is 3. The average Bonchev–Trinajstić information content (AvgIpc) is 2.77. The lowest BCUT2D eigenvalue weighted by Crippen LogP contribution is -2.15. The third kappa shape index (κ3) is 17.2. The number of para-hydroxylation sites is 1. The minimum absolute atomic E-state index is 0.143. The number of carbonyl (C=O) groups excluding carboxylic acids is 1. The molecule has 0 amide bonds. The van der Waals surface area contributed by atoms with Crippen molar-refractivity contribution in [3.63, 3.8) is 0 Å². The molecule has 172 valence electrons. The molecular formula is C23H38O7. The first-order chi connectivity index (χ1) is 14.8. The molecule has 0 radical (unpaired) electrons. The molecule has 0 N–H and O–H groups in total. The predicted octanol–water partition coefficient (Wildman–Crippen LogP) is 3.65. The van der Waals surface area contributed by atoms with Gasteiger partial charge in [-0.15, -0.1) is 0 Å². The van der Waals surface area contributed by atoms with Gasteiger partial charge in [0.15, 0.2) is 0 Å². The fourth-order valence-corrected chi connectivity index (χ4v) is 2.48. The van der Waals surface area contributed by atoms with Crippen LogP contribution in [0.1, 0.15) is 39.0 Å². The standard InChI is InChI=1S/C23H38O7/c1-2-3-4-8-11-23(24)30-21-19-28-17-15-26-13-12-25-14-16-27-18-20-29-22-9-6-5-7-10-22/h5-7,9-10H,2-4,8,11-21H2,1H3. The molecule has 1 rings (SSSR count). The molecule has 0 fully saturated rings. The zero-order valence-corrected chi connectivity index (χ0v) is 18.4. The SMILES string of the molecule is CCCCCCC(=O)OCCOCCOCCOCCOCCOc1ccccc1. The molecule has 0 aliphatic carbocycles. The van der Waals surface area contributed by atoms with Crippen LogP contribution in [0, 0.1) is 0 Å². The van der Waals surface area contributed by atoms with Crippen LogP contribution in [0.3, 0.4) is 0 Å². The second-order valence-corrected chi connectivity index (χ2v) is 6.64. The van der Waals surface area contributed by atoms with E-state index < -0.39 is 0 Å². The lowest BCUT2D eigenvalue weighted by atomic mass is 10.2. The van der Waals surface area contributed by atoms with Crippen LogP contribution < -0.4 is 4.74 Å². The number of ether oxygens (including phenoxy) is 6. The minimum Gasteiger partial charge on any atom is -0.491 e. The van der Waals surface area contributed by atoms with Crippen molar-refractivity contribution >= 4 is 5.97 Å². The first kappa shape index (κ1) is 26.4. The molecule has 0 saturated carbocycles. The van der Waals surface area contributed by atoms with Crippen molar-refractivity contribution in [2.75, 3.05) is 66.1 Å². The van der Waals surface area contributed by atoms with Gasteiger partial charge in [-0.05, 0) is 18.6 Å². The molecule has 0 spiro atoms. The summed E-state index contributed by atoms with van der Waals surface area (Å²) in [5.74, 6) is 0.702. The highest BCUT2D eigenvalue weighted by Crippen LogP contribution is 2.07. The van der Waals surface area contributed by atoms with Crippen LogP contribution in [-0.4, -0.2) is 72.0 Å². The number of carbonyl (C=O) groups is 1. The lowest BCUT2D eigenvalue weighted by Gasteiger charge is -2.08. The Morgan fingerprint density at radius 1 is 0.667 bits per heavy atom. The van der Waals surface area contributed by atoms with Gasteiger partial charge in [-0.25, -0.2) is 0 Å². The number of hydrogen-bond donors (Lipinski definition) is 0. The van der Waals surface area contributed by atoms with Crippen LogP contribution in [-0.2, 0) is 28.5 Å². The van der Waals surface area contributed by atoms with Crippen molar-refractivity contribution in [2.24, 2.45) is 0 Å². The van der Waals surface area contributed by atoms with E-state index in [0.717, 1.165) is 25.0 Å². The molecule has 0 aromatic heterocycles. The van der Waals surface area contributed by atoms with Crippen LogP contribution in [0.15, 0.2) is 30.3 Å². The van der Waals surface area contributed by atoms with Gasteiger partial charge in [-0.1, -0.05) is 44.4 Å². The van der Waals surface area contributed by atoms with Gasteiger partial charge in [0.05, 0.1) is 52.9 Å². The van der Waals surface area contributed by atoms with Crippen LogP contribution in [0.2, 0.25) is 0 Å². The molecule has 30 heavy (non-hydrogen) atoms. The summed E-state index contributed by atoms with van der Waals surface area (Å²) in [6.07, 6.45) is 4.81. The van der Waals surface area contributed by atoms with Gasteiger partial charge < -0.3 is 28.4 Å². The summed E-state index contributed by atoms with van der Waals surface area (Å²) in [6.45, 7) is 6.91. The monoisotopic (exact) mass is 426 g/mol. The van der Waals surface area contributed by atoms with Gasteiger partial charge in [-0.3, -0.25) is 4.79 Å². The Balaban J connectivity index is 1.71. The quantitative estimate of drug-likeness (QED) is 0.219. The summed E-state index contributed by atoms with van der Waals surface area (Å²) in [5.41, 5.74) is 0. The highest BCUT2D eigenvalue weighted by molar-refractivity contribution is 5.69. The zero-order valence-electron chi connectivity index (χ0n) is 18.4. The van der Waals surface area contributed by atoms with Crippen molar-refractivity contribution in [2.45, 2.75) is 39.0 Å². The molecule has 0 bridgehead atoms. The van der Waals surface area contributed by atoms with Gasteiger partial charge >= 0.3 is 5.97 Å². The molecule has 1 aromatic rings. The maximum atomic E-state index is 11.5. The molecular weight excluding hydrogens is 388 g/mol. The van der Waals surface area contributed by atoms with Crippen molar-refractivity contribution in [1.82, 2.24) is 0 Å². The summed E-state index contributed by atoms with van der Waals surface area (Å²) in [4.78, 5) is 11.5. The van der Waals surface area contributed by atoms with Crippen LogP contribution in [0.25, 0.3) is 0 Å². The molecule has 0 unspecified atom stereocenters. The lowest BCUT2D eigenvalue weighted by molar-refractivity contribution is -0.145. The third-order valence-electron chi connectivity index (χ3n) is 4.08. The van der Waals surface area contributed by atoms with Crippen molar-refractivity contribution in [3.05, 3.63) is 30.3 Å². The maximum absolute atomic E-state index is 11.5. The van der Waals surface area contributed by atoms with Gasteiger partial charge in [0, 0.05) is 6.42 Å². The van der Waals surface area contributed by atoms with Crippen molar-refractivity contribution in [3.8, 4) is 5.75 Å². The topological polar surface area (TPSA) is 72.5 Å². The maximum Gasteiger partial charge on any atom is 0.305 e. The Hall–Kier alpha value is -1.67. The van der Waals surface area contributed by atoms with Crippen molar-refractivity contribution in [1.29, 1.82) is 0 Å². The Morgan fingerprint density at radius 3 is 1.77 bits per heavy atom. The summed E-state index contributed by atoms with van der Waals surface area (Å²) >= 11 is 0. The Morgan fingerprint density at radius 2 is 1.20 bits per heavy atom. The molecule has 0 aliphatic heterocycles. The largest absolute Gasteiger partial charge is 0.491 e. The van der Waals surface area contributed by atoms with Gasteiger partial charge in [0.1, 0.15) is 19.0 Å². The van der Waals surface area contributed by atoms with Crippen LogP contribution in [0.5, 0.6) is 5.75 Å². The van der Waals surface area contributed by atoms with Gasteiger partial charge in [-0.2, -0.15) is 0 Å². The Bertz CT molecular complexity index is 496. The zero-order chi connectivity index (χ0) is 21.5. The normalized spacial score (nSPS) is 10.8. The summed E-state index contributed by atoms with van der Waals surface area (Å²) in [7, 11) is 0. The van der Waals surface area contributed by atoms with Gasteiger partial charge in [0.25, 0.3) is 0 Å². The first-order valence-corrected chi connectivity index (χ1v) is 11.0. The Labute approximate surface area is 180 Å². The molecule has 0 heterocycles. The molecule has 7 heteroatoms. The molecule has 0 aliphatic rings. The predicted molar refractivity (Wildman–Crippen MR) is 115 cm³/mol. The number of hydrogen-bond acceptors (Lipinski definition) is 7. The fraction of sp³-hybridized carbons (Fsp3) is 0.696. The minimum atomic E-state index is -0.143. The number of rotatable bonds is 21. The molecule has 1 aromatic carbocycles. The second kappa shape index (κ2) is 20.6. The van der Waals surface area contributed by atoms with E-state index in [2.05, 4.69) is 6.92 Å². The second-order valence-electron chi connectivity index (χ2n) is 6.64. The van der Waals surface area contributed by atoms with E-state index in [1.807, 2.05) is 30.3 Å². The third-order valence-corrected chi connectivity index (χ3v) is 4.08.